The third-order valence-corrected chi connectivity index (χ3v) is 5.30. The first-order valence-electron chi connectivity index (χ1n) is 9.21. The average Bonchev–Trinajstić information content (AvgIpc) is 2.69. The molecule has 0 saturated carbocycles. The SMILES string of the molecule is COCC1CCN(c2ccc3cc(-c4ccccc4)[nH]c(=O)c3c2)CC1. The minimum Gasteiger partial charge on any atom is -0.384 e. The summed E-state index contributed by atoms with van der Waals surface area (Å²) in [5, 5.41) is 1.73. The number of nitrogens with one attached hydrogen (secondary N) is 1. The number of pyridine rings is 1. The van der Waals surface area contributed by atoms with Crippen molar-refractivity contribution in [3.05, 3.63) is 65.0 Å². The monoisotopic (exact) mass is 348 g/mol. The molecule has 2 heterocycles. The van der Waals surface area contributed by atoms with E-state index in [0.29, 0.717) is 5.92 Å². The van der Waals surface area contributed by atoms with Crippen LogP contribution in [0.3, 0.4) is 0 Å². The fourth-order valence-electron chi connectivity index (χ4n) is 3.81. The van der Waals surface area contributed by atoms with Crippen molar-refractivity contribution >= 4 is 16.5 Å². The summed E-state index contributed by atoms with van der Waals surface area (Å²) in [6, 6.07) is 18.2. The first-order valence-corrected chi connectivity index (χ1v) is 9.21. The van der Waals surface area contributed by atoms with Crippen LogP contribution in [0.5, 0.6) is 0 Å². The van der Waals surface area contributed by atoms with E-state index in [9.17, 15) is 4.79 Å². The number of H-pyrrole nitrogens is 1. The van der Waals surface area contributed by atoms with Gasteiger partial charge in [0.15, 0.2) is 0 Å². The zero-order chi connectivity index (χ0) is 17.9. The number of anilines is 1. The van der Waals surface area contributed by atoms with E-state index in [4.69, 9.17) is 4.74 Å². The van der Waals surface area contributed by atoms with Crippen LogP contribution in [0.1, 0.15) is 12.8 Å². The molecule has 1 aliphatic heterocycles. The second kappa shape index (κ2) is 7.34. The summed E-state index contributed by atoms with van der Waals surface area (Å²) in [6.07, 6.45) is 2.27. The number of benzene rings is 2. The first-order chi connectivity index (χ1) is 12.7. The van der Waals surface area contributed by atoms with Crippen LogP contribution in [0.2, 0.25) is 0 Å². The lowest BCUT2D eigenvalue weighted by molar-refractivity contribution is 0.139. The molecule has 1 N–H and O–H groups in total. The van der Waals surface area contributed by atoms with Gasteiger partial charge in [-0.3, -0.25) is 4.79 Å². The van der Waals surface area contributed by atoms with Gasteiger partial charge in [0, 0.05) is 43.6 Å². The molecule has 0 unspecified atom stereocenters. The summed E-state index contributed by atoms with van der Waals surface area (Å²) in [6.45, 7) is 2.87. The van der Waals surface area contributed by atoms with Crippen LogP contribution < -0.4 is 10.5 Å². The van der Waals surface area contributed by atoms with Gasteiger partial charge in [-0.1, -0.05) is 36.4 Å². The summed E-state index contributed by atoms with van der Waals surface area (Å²) in [5.41, 5.74) is 2.98. The average molecular weight is 348 g/mol. The molecule has 0 spiro atoms. The van der Waals surface area contributed by atoms with Crippen LogP contribution in [0.4, 0.5) is 5.69 Å². The number of aromatic nitrogens is 1. The maximum Gasteiger partial charge on any atom is 0.256 e. The van der Waals surface area contributed by atoms with E-state index < -0.39 is 0 Å². The van der Waals surface area contributed by atoms with Crippen molar-refractivity contribution in [3.63, 3.8) is 0 Å². The lowest BCUT2D eigenvalue weighted by Gasteiger charge is -2.33. The lowest BCUT2D eigenvalue weighted by Crippen LogP contribution is -2.35. The highest BCUT2D eigenvalue weighted by molar-refractivity contribution is 5.88. The van der Waals surface area contributed by atoms with Gasteiger partial charge in [0.25, 0.3) is 5.56 Å². The topological polar surface area (TPSA) is 45.3 Å². The number of methoxy groups -OCH3 is 1. The minimum absolute atomic E-state index is 0.0301. The van der Waals surface area contributed by atoms with Gasteiger partial charge in [0.05, 0.1) is 0 Å². The number of nitrogens with zero attached hydrogens (tertiary/aromatic N) is 1. The highest BCUT2D eigenvalue weighted by atomic mass is 16.5. The number of ether oxygens (including phenoxy) is 1. The van der Waals surface area contributed by atoms with E-state index in [1.807, 2.05) is 36.4 Å². The number of hydrogen-bond donors (Lipinski definition) is 1. The number of piperidine rings is 1. The maximum atomic E-state index is 12.7. The van der Waals surface area contributed by atoms with Gasteiger partial charge in [-0.25, -0.2) is 0 Å². The zero-order valence-corrected chi connectivity index (χ0v) is 15.1. The van der Waals surface area contributed by atoms with Crippen molar-refractivity contribution in [1.82, 2.24) is 4.98 Å². The summed E-state index contributed by atoms with van der Waals surface area (Å²) in [5.74, 6) is 0.647. The van der Waals surface area contributed by atoms with Gasteiger partial charge in [0.1, 0.15) is 0 Å². The third-order valence-electron chi connectivity index (χ3n) is 5.30. The molecule has 4 rings (SSSR count). The Morgan fingerprint density at radius 1 is 1.08 bits per heavy atom. The van der Waals surface area contributed by atoms with Gasteiger partial charge < -0.3 is 14.6 Å². The summed E-state index contributed by atoms with van der Waals surface area (Å²) >= 11 is 0. The number of hydrogen-bond acceptors (Lipinski definition) is 3. The van der Waals surface area contributed by atoms with E-state index in [1.165, 1.54) is 0 Å². The molecule has 134 valence electrons. The number of rotatable bonds is 4. The van der Waals surface area contributed by atoms with Crippen LogP contribution in [-0.4, -0.2) is 31.8 Å². The molecule has 0 radical (unpaired) electrons. The van der Waals surface area contributed by atoms with Gasteiger partial charge in [0.2, 0.25) is 0 Å². The molecule has 0 atom stereocenters. The Morgan fingerprint density at radius 2 is 1.85 bits per heavy atom. The van der Waals surface area contributed by atoms with Gasteiger partial charge in [-0.05, 0) is 47.9 Å². The molecule has 0 amide bonds. The molecule has 1 aromatic heterocycles. The summed E-state index contributed by atoms with van der Waals surface area (Å²) in [7, 11) is 1.77. The number of aromatic amines is 1. The maximum absolute atomic E-state index is 12.7. The predicted octanol–water partition coefficient (Wildman–Crippen LogP) is 4.06. The van der Waals surface area contributed by atoms with Crippen LogP contribution >= 0.6 is 0 Å². The fourth-order valence-corrected chi connectivity index (χ4v) is 3.81. The summed E-state index contributed by atoms with van der Waals surface area (Å²) < 4.78 is 5.28. The van der Waals surface area contributed by atoms with E-state index in [0.717, 1.165) is 60.3 Å². The molecular weight excluding hydrogens is 324 g/mol. The molecule has 26 heavy (non-hydrogen) atoms. The van der Waals surface area contributed by atoms with Crippen molar-refractivity contribution in [2.45, 2.75) is 12.8 Å². The Kier molecular flexibility index (Phi) is 4.76. The number of fused-ring (bicyclic) bond motifs is 1. The molecule has 1 aliphatic rings. The predicted molar refractivity (Wildman–Crippen MR) is 107 cm³/mol. The van der Waals surface area contributed by atoms with E-state index >= 15 is 0 Å². The quantitative estimate of drug-likeness (QED) is 0.773. The molecule has 3 aromatic rings. The fraction of sp³-hybridized carbons (Fsp3) is 0.318. The highest BCUT2D eigenvalue weighted by Crippen LogP contribution is 2.27. The molecule has 2 aromatic carbocycles. The summed E-state index contributed by atoms with van der Waals surface area (Å²) in [4.78, 5) is 18.1. The van der Waals surface area contributed by atoms with Crippen LogP contribution in [0.25, 0.3) is 22.0 Å². The standard InChI is InChI=1S/C22H24N2O2/c1-26-15-16-9-11-24(12-10-16)19-8-7-18-13-21(17-5-3-2-4-6-17)23-22(25)20(18)14-19/h2-8,13-14,16H,9-12,15H2,1H3,(H,23,25). The molecule has 0 aliphatic carbocycles. The Bertz CT molecular complexity index is 941. The zero-order valence-electron chi connectivity index (χ0n) is 15.1. The molecule has 1 saturated heterocycles. The molecule has 4 nitrogen and oxygen atoms in total. The van der Waals surface area contributed by atoms with Crippen molar-refractivity contribution in [2.24, 2.45) is 5.92 Å². The molecule has 4 heteroatoms. The van der Waals surface area contributed by atoms with E-state index in [2.05, 4.69) is 28.1 Å². The Balaban J connectivity index is 1.62. The second-order valence-corrected chi connectivity index (χ2v) is 7.04. The smallest absolute Gasteiger partial charge is 0.256 e. The Labute approximate surface area is 153 Å². The normalized spacial score (nSPS) is 15.5. The first kappa shape index (κ1) is 16.9. The van der Waals surface area contributed by atoms with Crippen LogP contribution in [-0.2, 0) is 4.74 Å². The minimum atomic E-state index is -0.0301. The second-order valence-electron chi connectivity index (χ2n) is 7.04. The lowest BCUT2D eigenvalue weighted by atomic mass is 9.97. The van der Waals surface area contributed by atoms with Gasteiger partial charge in [-0.2, -0.15) is 0 Å². The van der Waals surface area contributed by atoms with Crippen molar-refractivity contribution in [1.29, 1.82) is 0 Å². The van der Waals surface area contributed by atoms with Crippen molar-refractivity contribution in [2.75, 3.05) is 31.7 Å². The molecular formula is C22H24N2O2. The van der Waals surface area contributed by atoms with Gasteiger partial charge >= 0.3 is 0 Å². The Hall–Kier alpha value is -2.59. The molecule has 1 fully saturated rings. The largest absolute Gasteiger partial charge is 0.384 e. The Morgan fingerprint density at radius 3 is 2.58 bits per heavy atom. The van der Waals surface area contributed by atoms with Crippen LogP contribution in [0.15, 0.2) is 59.4 Å². The van der Waals surface area contributed by atoms with Crippen LogP contribution in [0, 0.1) is 5.92 Å². The van der Waals surface area contributed by atoms with E-state index in [-0.39, 0.29) is 5.56 Å². The third kappa shape index (κ3) is 3.37. The van der Waals surface area contributed by atoms with E-state index in [1.54, 1.807) is 7.11 Å². The van der Waals surface area contributed by atoms with Gasteiger partial charge in [-0.15, -0.1) is 0 Å². The highest BCUT2D eigenvalue weighted by Gasteiger charge is 2.19. The molecule has 0 bridgehead atoms. The van der Waals surface area contributed by atoms with Crippen molar-refractivity contribution < 1.29 is 4.74 Å². The van der Waals surface area contributed by atoms with Crippen molar-refractivity contribution in [3.8, 4) is 11.3 Å².